The van der Waals surface area contributed by atoms with E-state index in [4.69, 9.17) is 0 Å². The Morgan fingerprint density at radius 3 is 3.10 bits per heavy atom. The molecule has 0 saturated carbocycles. The summed E-state index contributed by atoms with van der Waals surface area (Å²) in [4.78, 5) is 19.1. The summed E-state index contributed by atoms with van der Waals surface area (Å²) in [6, 6.07) is 4.05. The molecule has 0 bridgehead atoms. The molecule has 2 N–H and O–H groups in total. The molecule has 0 radical (unpaired) electrons. The van der Waals surface area contributed by atoms with Crippen LogP contribution >= 0.6 is 0 Å². The fourth-order valence-corrected chi connectivity index (χ4v) is 3.56. The number of anilines is 1. The third-order valence-corrected chi connectivity index (χ3v) is 4.59. The number of likely N-dealkylation sites (tertiary alicyclic amines) is 1. The first-order valence-corrected chi connectivity index (χ1v) is 7.41. The lowest BCUT2D eigenvalue weighted by atomic mass is 9.86. The van der Waals surface area contributed by atoms with Gasteiger partial charge in [0.2, 0.25) is 5.91 Å². The maximum Gasteiger partial charge on any atom is 0.240 e. The van der Waals surface area contributed by atoms with Gasteiger partial charge in [-0.3, -0.25) is 9.69 Å². The fraction of sp³-hybridized carbons (Fsp3) is 0.600. The zero-order chi connectivity index (χ0) is 14.0. The molecule has 0 aromatic carbocycles. The molecule has 5 heteroatoms. The molecule has 0 aliphatic carbocycles. The third kappa shape index (κ3) is 2.16. The SMILES string of the molecule is CNc1ncccc1CN1CCCC12CCCNC2=O. The first kappa shape index (κ1) is 13.4. The van der Waals surface area contributed by atoms with Gasteiger partial charge in [0.25, 0.3) is 0 Å². The summed E-state index contributed by atoms with van der Waals surface area (Å²) in [5.41, 5.74) is 0.883. The van der Waals surface area contributed by atoms with E-state index >= 15 is 0 Å². The van der Waals surface area contributed by atoms with Gasteiger partial charge in [-0.2, -0.15) is 0 Å². The van der Waals surface area contributed by atoms with Crippen LogP contribution in [0.25, 0.3) is 0 Å². The first-order valence-electron chi connectivity index (χ1n) is 7.41. The van der Waals surface area contributed by atoms with Crippen molar-refractivity contribution >= 4 is 11.7 Å². The smallest absolute Gasteiger partial charge is 0.240 e. The Hall–Kier alpha value is -1.62. The molecule has 1 atom stereocenters. The minimum absolute atomic E-state index is 0.219. The molecule has 2 aliphatic heterocycles. The number of aromatic nitrogens is 1. The number of hydrogen-bond donors (Lipinski definition) is 2. The van der Waals surface area contributed by atoms with Crippen molar-refractivity contribution in [2.45, 2.75) is 37.8 Å². The van der Waals surface area contributed by atoms with Gasteiger partial charge in [-0.15, -0.1) is 0 Å². The number of hydrogen-bond acceptors (Lipinski definition) is 4. The van der Waals surface area contributed by atoms with Crippen molar-refractivity contribution in [3.63, 3.8) is 0 Å². The average molecular weight is 274 g/mol. The van der Waals surface area contributed by atoms with Crippen molar-refractivity contribution in [1.82, 2.24) is 15.2 Å². The molecule has 2 aliphatic rings. The number of amides is 1. The fourth-order valence-electron chi connectivity index (χ4n) is 3.56. The van der Waals surface area contributed by atoms with E-state index in [0.29, 0.717) is 0 Å². The highest BCUT2D eigenvalue weighted by Gasteiger charge is 2.48. The van der Waals surface area contributed by atoms with E-state index in [0.717, 1.165) is 56.7 Å². The van der Waals surface area contributed by atoms with Gasteiger partial charge in [0.05, 0.1) is 0 Å². The number of nitrogens with zero attached hydrogens (tertiary/aromatic N) is 2. The zero-order valence-electron chi connectivity index (χ0n) is 12.0. The molecular weight excluding hydrogens is 252 g/mol. The summed E-state index contributed by atoms with van der Waals surface area (Å²) < 4.78 is 0. The molecule has 1 amide bonds. The Bertz CT molecular complexity index is 504. The van der Waals surface area contributed by atoms with Crippen LogP contribution < -0.4 is 10.6 Å². The maximum absolute atomic E-state index is 12.4. The van der Waals surface area contributed by atoms with E-state index in [9.17, 15) is 4.79 Å². The van der Waals surface area contributed by atoms with E-state index < -0.39 is 0 Å². The standard InChI is InChI=1S/C15H22N4O/c1-16-13-12(5-2-8-17-13)11-19-10-4-7-15(19)6-3-9-18-14(15)20/h2,5,8H,3-4,6-7,9-11H2,1H3,(H,16,17)(H,18,20). The van der Waals surface area contributed by atoms with E-state index in [-0.39, 0.29) is 11.4 Å². The normalized spacial score (nSPS) is 26.8. The van der Waals surface area contributed by atoms with Crippen LogP contribution in [0.4, 0.5) is 5.82 Å². The van der Waals surface area contributed by atoms with Crippen molar-refractivity contribution < 1.29 is 4.79 Å². The molecule has 2 saturated heterocycles. The Labute approximate surface area is 119 Å². The van der Waals surface area contributed by atoms with Gasteiger partial charge in [-0.1, -0.05) is 6.07 Å². The third-order valence-electron chi connectivity index (χ3n) is 4.59. The molecule has 2 fully saturated rings. The maximum atomic E-state index is 12.4. The van der Waals surface area contributed by atoms with E-state index in [1.54, 1.807) is 6.20 Å². The first-order chi connectivity index (χ1) is 9.76. The molecular formula is C15H22N4O. The second kappa shape index (κ2) is 5.40. The summed E-state index contributed by atoms with van der Waals surface area (Å²) in [5.74, 6) is 1.13. The van der Waals surface area contributed by atoms with Gasteiger partial charge in [0.1, 0.15) is 11.4 Å². The van der Waals surface area contributed by atoms with Crippen molar-refractivity contribution in [1.29, 1.82) is 0 Å². The van der Waals surface area contributed by atoms with Gasteiger partial charge in [-0.25, -0.2) is 4.98 Å². The summed E-state index contributed by atoms with van der Waals surface area (Å²) in [7, 11) is 1.89. The Balaban J connectivity index is 1.84. The summed E-state index contributed by atoms with van der Waals surface area (Å²) in [6.07, 6.45) is 5.93. The molecule has 1 aromatic heterocycles. The van der Waals surface area contributed by atoms with Gasteiger partial charge < -0.3 is 10.6 Å². The van der Waals surface area contributed by atoms with E-state index in [2.05, 4.69) is 26.6 Å². The van der Waals surface area contributed by atoms with Crippen molar-refractivity contribution in [3.8, 4) is 0 Å². The minimum atomic E-state index is -0.279. The molecule has 3 heterocycles. The molecule has 1 spiro atoms. The lowest BCUT2D eigenvalue weighted by molar-refractivity contribution is -0.134. The lowest BCUT2D eigenvalue weighted by Crippen LogP contribution is -2.58. The predicted octanol–water partition coefficient (Wildman–Crippen LogP) is 1.37. The minimum Gasteiger partial charge on any atom is -0.373 e. The predicted molar refractivity (Wildman–Crippen MR) is 78.4 cm³/mol. The largest absolute Gasteiger partial charge is 0.373 e. The quantitative estimate of drug-likeness (QED) is 0.874. The summed E-state index contributed by atoms with van der Waals surface area (Å²) >= 11 is 0. The second-order valence-corrected chi connectivity index (χ2v) is 5.68. The van der Waals surface area contributed by atoms with Crippen LogP contribution in [0, 0.1) is 0 Å². The number of nitrogens with one attached hydrogen (secondary N) is 2. The second-order valence-electron chi connectivity index (χ2n) is 5.68. The molecule has 108 valence electrons. The van der Waals surface area contributed by atoms with Crippen molar-refractivity contribution in [2.75, 3.05) is 25.5 Å². The van der Waals surface area contributed by atoms with E-state index in [1.807, 2.05) is 13.1 Å². The van der Waals surface area contributed by atoms with Crippen LogP contribution in [-0.2, 0) is 11.3 Å². The highest BCUT2D eigenvalue weighted by Crippen LogP contribution is 2.37. The lowest BCUT2D eigenvalue weighted by Gasteiger charge is -2.40. The summed E-state index contributed by atoms with van der Waals surface area (Å²) in [5, 5.41) is 6.18. The van der Waals surface area contributed by atoms with Crippen LogP contribution in [0.1, 0.15) is 31.2 Å². The number of rotatable bonds is 3. The van der Waals surface area contributed by atoms with Crippen LogP contribution in [0.3, 0.4) is 0 Å². The highest BCUT2D eigenvalue weighted by atomic mass is 16.2. The summed E-state index contributed by atoms with van der Waals surface area (Å²) in [6.45, 7) is 2.60. The number of carbonyl (C=O) groups is 1. The monoisotopic (exact) mass is 274 g/mol. The molecule has 5 nitrogen and oxygen atoms in total. The van der Waals surface area contributed by atoms with Gasteiger partial charge in [0, 0.05) is 31.9 Å². The van der Waals surface area contributed by atoms with Gasteiger partial charge in [-0.05, 0) is 38.3 Å². The number of pyridine rings is 1. The van der Waals surface area contributed by atoms with Crippen molar-refractivity contribution in [2.24, 2.45) is 0 Å². The molecule has 1 aromatic rings. The number of piperidine rings is 1. The average Bonchev–Trinajstić information content (AvgIpc) is 2.87. The van der Waals surface area contributed by atoms with Crippen molar-refractivity contribution in [3.05, 3.63) is 23.9 Å². The Kier molecular flexibility index (Phi) is 3.61. The molecule has 1 unspecified atom stereocenters. The molecule has 20 heavy (non-hydrogen) atoms. The number of carbonyl (C=O) groups excluding carboxylic acids is 1. The highest BCUT2D eigenvalue weighted by molar-refractivity contribution is 5.87. The van der Waals surface area contributed by atoms with Crippen LogP contribution in [0.15, 0.2) is 18.3 Å². The molecule has 3 rings (SSSR count). The Morgan fingerprint density at radius 1 is 1.45 bits per heavy atom. The van der Waals surface area contributed by atoms with Crippen LogP contribution in [0.2, 0.25) is 0 Å². The zero-order valence-corrected chi connectivity index (χ0v) is 12.0. The topological polar surface area (TPSA) is 57.3 Å². The van der Waals surface area contributed by atoms with Crippen LogP contribution in [0.5, 0.6) is 0 Å². The van der Waals surface area contributed by atoms with Gasteiger partial charge >= 0.3 is 0 Å². The van der Waals surface area contributed by atoms with E-state index in [1.165, 1.54) is 0 Å². The van der Waals surface area contributed by atoms with Gasteiger partial charge in [0.15, 0.2) is 0 Å². The Morgan fingerprint density at radius 2 is 2.30 bits per heavy atom. The van der Waals surface area contributed by atoms with Crippen LogP contribution in [-0.4, -0.2) is 41.5 Å².